The normalized spacial score (nSPS) is 16.2. The van der Waals surface area contributed by atoms with E-state index in [-0.39, 0.29) is 17.9 Å². The second-order valence-electron chi connectivity index (χ2n) is 5.79. The van der Waals surface area contributed by atoms with E-state index >= 15 is 0 Å². The number of hydrogen-bond acceptors (Lipinski definition) is 0. The molecule has 0 atom stereocenters. The third-order valence-electron chi connectivity index (χ3n) is 4.64. The average Bonchev–Trinajstić information content (AvgIpc) is 2.85. The zero-order chi connectivity index (χ0) is 15.0. The fourth-order valence-corrected chi connectivity index (χ4v) is 3.51. The van der Waals surface area contributed by atoms with Crippen molar-refractivity contribution in [2.45, 2.75) is 61.3 Å². The average molecular weight is 325 g/mol. The van der Waals surface area contributed by atoms with Gasteiger partial charge in [-0.3, -0.25) is 0 Å². The van der Waals surface area contributed by atoms with Gasteiger partial charge < -0.3 is 22.9 Å². The Balaban J connectivity index is 0.00000220. The Bertz CT molecular complexity index is 648. The molecule has 0 fully saturated rings. The topological polar surface area (TPSA) is 61.3 Å². The van der Waals surface area contributed by atoms with E-state index in [0.717, 1.165) is 12.8 Å². The molecule has 4 heteroatoms. The molecule has 0 amide bonds. The van der Waals surface area contributed by atoms with E-state index in [1.54, 1.807) is 0 Å². The zero-order valence-corrected chi connectivity index (χ0v) is 15.5. The molecule has 0 saturated carbocycles. The first-order chi connectivity index (χ1) is 9.42. The summed E-state index contributed by atoms with van der Waals surface area (Å²) in [5.74, 6) is 0. The van der Waals surface area contributed by atoms with Crippen molar-refractivity contribution in [2.24, 2.45) is 0 Å². The van der Waals surface area contributed by atoms with Crippen LogP contribution in [0.3, 0.4) is 0 Å². The Kier molecular flexibility index (Phi) is 7.33. The third-order valence-corrected chi connectivity index (χ3v) is 4.64. The summed E-state index contributed by atoms with van der Waals surface area (Å²) in [5.41, 5.74) is 12.2. The van der Waals surface area contributed by atoms with Crippen LogP contribution in [0.4, 0.5) is 0 Å². The van der Waals surface area contributed by atoms with Crippen molar-refractivity contribution in [3.63, 3.8) is 0 Å². The molecule has 1 aliphatic heterocycles. The minimum Gasteiger partial charge on any atom is -1.00 e. The van der Waals surface area contributed by atoms with Crippen LogP contribution in [0.25, 0.3) is 5.57 Å². The van der Waals surface area contributed by atoms with E-state index in [0.29, 0.717) is 0 Å². The highest BCUT2D eigenvalue weighted by molar-refractivity contribution is 5.98. The van der Waals surface area contributed by atoms with Crippen LogP contribution in [0.5, 0.6) is 0 Å². The molecule has 1 aromatic heterocycles. The van der Waals surface area contributed by atoms with Crippen LogP contribution in [0.2, 0.25) is 0 Å². The first kappa shape index (κ1) is 20.7. The molecule has 0 unspecified atom stereocenters. The lowest BCUT2D eigenvalue weighted by Crippen LogP contribution is -3.00. The number of allylic oxidation sites excluding steroid dienone is 3. The van der Waals surface area contributed by atoms with Crippen molar-refractivity contribution in [3.05, 3.63) is 39.4 Å². The smallest absolute Gasteiger partial charge is 0.212 e. The highest BCUT2D eigenvalue weighted by atomic mass is 35.5. The van der Waals surface area contributed by atoms with Crippen molar-refractivity contribution in [3.8, 4) is 0 Å². The number of hydrogen-bond donors (Lipinski definition) is 2. The minimum absolute atomic E-state index is 0. The fraction of sp³-hybridized carbons (Fsp3) is 0.500. The summed E-state index contributed by atoms with van der Waals surface area (Å²) in [6.07, 6.45) is 2.18. The van der Waals surface area contributed by atoms with E-state index in [2.05, 4.69) is 58.4 Å². The van der Waals surface area contributed by atoms with Crippen molar-refractivity contribution >= 4 is 11.3 Å². The minimum atomic E-state index is 0. The van der Waals surface area contributed by atoms with E-state index in [1.165, 1.54) is 50.6 Å². The van der Waals surface area contributed by atoms with Crippen LogP contribution < -0.4 is 17.4 Å². The Morgan fingerprint density at radius 3 is 2.05 bits per heavy atom. The monoisotopic (exact) mass is 324 g/mol. The Hall–Kier alpha value is -1.32. The summed E-state index contributed by atoms with van der Waals surface area (Å²) >= 11 is 0. The maximum atomic E-state index is 3.58. The summed E-state index contributed by atoms with van der Waals surface area (Å²) in [5, 5.41) is 0. The first-order valence-corrected chi connectivity index (χ1v) is 7.62. The molecule has 0 aromatic carbocycles. The summed E-state index contributed by atoms with van der Waals surface area (Å²) < 4.78 is 0. The van der Waals surface area contributed by atoms with Crippen LogP contribution in [0, 0.1) is 13.8 Å². The lowest BCUT2D eigenvalue weighted by atomic mass is 9.99. The molecule has 4 N–H and O–H groups in total. The quantitative estimate of drug-likeness (QED) is 0.745. The summed E-state index contributed by atoms with van der Waals surface area (Å²) in [4.78, 5) is 7.16. The van der Waals surface area contributed by atoms with Crippen molar-refractivity contribution < 1.29 is 22.9 Å². The van der Waals surface area contributed by atoms with Gasteiger partial charge in [0.1, 0.15) is 0 Å². The van der Waals surface area contributed by atoms with E-state index in [4.69, 9.17) is 0 Å². The van der Waals surface area contributed by atoms with Gasteiger partial charge in [-0.05, 0) is 51.7 Å². The number of rotatable bonds is 3. The lowest BCUT2D eigenvalue weighted by molar-refractivity contribution is -0.387. The van der Waals surface area contributed by atoms with Crippen molar-refractivity contribution in [2.75, 3.05) is 0 Å². The molecule has 22 heavy (non-hydrogen) atoms. The number of aromatic nitrogens is 1. The summed E-state index contributed by atoms with van der Waals surface area (Å²) in [7, 11) is 0. The number of H-pyrrole nitrogens is 1. The molecule has 0 saturated heterocycles. The number of nitrogens with one attached hydrogen (secondary N) is 2. The van der Waals surface area contributed by atoms with E-state index in [1.807, 2.05) is 0 Å². The molecule has 0 radical (unpaired) electrons. The number of halogens is 1. The molecule has 0 aliphatic carbocycles. The van der Waals surface area contributed by atoms with Crippen LogP contribution in [-0.2, 0) is 6.42 Å². The Morgan fingerprint density at radius 1 is 1.05 bits per heavy atom. The number of aromatic amines is 1. The Labute approximate surface area is 140 Å². The maximum Gasteiger partial charge on any atom is 0.212 e. The van der Waals surface area contributed by atoms with Crippen LogP contribution in [-0.4, -0.2) is 16.2 Å². The molecule has 0 spiro atoms. The van der Waals surface area contributed by atoms with Crippen molar-refractivity contribution in [1.29, 1.82) is 0 Å². The molecular formula is C18H29ClN2O. The Morgan fingerprint density at radius 2 is 1.64 bits per heavy atom. The molecule has 3 nitrogen and oxygen atoms in total. The SMILES string of the molecule is CCC1=C(C)/C(=C(/C)c2[nH]c(C)c(CC)c2C)[NH+]=C1C.O.[Cl-]. The van der Waals surface area contributed by atoms with Crippen LogP contribution in [0.15, 0.2) is 16.8 Å². The van der Waals surface area contributed by atoms with Gasteiger partial charge in [0.15, 0.2) is 5.71 Å². The first-order valence-electron chi connectivity index (χ1n) is 7.62. The molecule has 2 rings (SSSR count). The molecule has 1 aliphatic rings. The molecule has 124 valence electrons. The van der Waals surface area contributed by atoms with Gasteiger partial charge in [-0.2, -0.15) is 0 Å². The van der Waals surface area contributed by atoms with Crippen LogP contribution >= 0.6 is 0 Å². The van der Waals surface area contributed by atoms with E-state index < -0.39 is 0 Å². The van der Waals surface area contributed by atoms with Gasteiger partial charge in [0.25, 0.3) is 0 Å². The second kappa shape index (κ2) is 7.80. The standard InChI is InChI=1S/C18H26N2.ClH.H2O/c1-8-15-10(3)17(19-13(15)6)12(5)18-11(4)16(9-2)14(7)20-18;;/h19H,8-9H2,1-7H3;1H;1H2/b18-12+;;. The molecule has 0 bridgehead atoms. The predicted octanol–water partition coefficient (Wildman–Crippen LogP) is -0.614. The van der Waals surface area contributed by atoms with Crippen molar-refractivity contribution in [1.82, 2.24) is 4.98 Å². The summed E-state index contributed by atoms with van der Waals surface area (Å²) in [6, 6.07) is 0. The lowest BCUT2D eigenvalue weighted by Gasteiger charge is -2.03. The van der Waals surface area contributed by atoms with Crippen LogP contribution in [0.1, 0.15) is 63.6 Å². The molecule has 2 heterocycles. The van der Waals surface area contributed by atoms with Gasteiger partial charge in [-0.15, -0.1) is 0 Å². The van der Waals surface area contributed by atoms with Gasteiger partial charge in [-0.25, -0.2) is 4.99 Å². The highest BCUT2D eigenvalue weighted by Crippen LogP contribution is 2.28. The molecular weight excluding hydrogens is 296 g/mol. The largest absolute Gasteiger partial charge is 1.00 e. The zero-order valence-electron chi connectivity index (χ0n) is 14.8. The molecule has 1 aromatic rings. The van der Waals surface area contributed by atoms with Gasteiger partial charge in [0.2, 0.25) is 5.70 Å². The second-order valence-corrected chi connectivity index (χ2v) is 5.79. The number of aryl methyl sites for hydroxylation is 1. The van der Waals surface area contributed by atoms with E-state index in [9.17, 15) is 0 Å². The van der Waals surface area contributed by atoms with Gasteiger partial charge >= 0.3 is 0 Å². The predicted molar refractivity (Wildman–Crippen MR) is 90.5 cm³/mol. The third kappa shape index (κ3) is 3.21. The fourth-order valence-electron chi connectivity index (χ4n) is 3.51. The van der Waals surface area contributed by atoms with Gasteiger partial charge in [0, 0.05) is 29.3 Å². The summed E-state index contributed by atoms with van der Waals surface area (Å²) in [6.45, 7) is 15.5. The highest BCUT2D eigenvalue weighted by Gasteiger charge is 2.26. The van der Waals surface area contributed by atoms with Gasteiger partial charge in [-0.1, -0.05) is 13.8 Å². The van der Waals surface area contributed by atoms with Gasteiger partial charge in [0.05, 0.1) is 5.69 Å². The maximum absolute atomic E-state index is 3.58.